The van der Waals surface area contributed by atoms with Gasteiger partial charge >= 0.3 is 0 Å². The summed E-state index contributed by atoms with van der Waals surface area (Å²) in [5.41, 5.74) is 12.5. The molecule has 0 atom stereocenters. The molecule has 0 unspecified atom stereocenters. The molecule has 1 aliphatic carbocycles. The van der Waals surface area contributed by atoms with E-state index < -0.39 is 0 Å². The highest BCUT2D eigenvalue weighted by Gasteiger charge is 2.45. The predicted molar refractivity (Wildman–Crippen MR) is 218 cm³/mol. The first kappa shape index (κ1) is 36.9. The van der Waals surface area contributed by atoms with Gasteiger partial charge in [-0.25, -0.2) is 0 Å². The molecule has 256 valence electrons. The fourth-order valence-corrected chi connectivity index (χ4v) is 8.17. The number of benzene rings is 4. The van der Waals surface area contributed by atoms with Crippen molar-refractivity contribution in [3.8, 4) is 11.1 Å². The number of anilines is 3. The van der Waals surface area contributed by atoms with E-state index in [1.807, 2.05) is 0 Å². The van der Waals surface area contributed by atoms with Gasteiger partial charge in [0.15, 0.2) is 0 Å². The first-order chi connectivity index (χ1) is 22.8. The molecular formula is C45H57Br2N. The lowest BCUT2D eigenvalue weighted by Gasteiger charge is -2.36. The van der Waals surface area contributed by atoms with Crippen LogP contribution >= 0.6 is 31.9 Å². The van der Waals surface area contributed by atoms with E-state index in [1.54, 1.807) is 11.1 Å². The molecule has 0 saturated heterocycles. The summed E-state index contributed by atoms with van der Waals surface area (Å²) >= 11 is 7.42. The Hall–Kier alpha value is -2.36. The average Bonchev–Trinajstić information content (AvgIpc) is 3.31. The van der Waals surface area contributed by atoms with Gasteiger partial charge in [0.25, 0.3) is 0 Å². The molecule has 5 rings (SSSR count). The zero-order valence-corrected chi connectivity index (χ0v) is 34.0. The summed E-state index contributed by atoms with van der Waals surface area (Å²) < 4.78 is 2.18. The summed E-state index contributed by atoms with van der Waals surface area (Å²) in [6.45, 7) is 18.9. The molecule has 0 bridgehead atoms. The minimum Gasteiger partial charge on any atom is -0.310 e. The van der Waals surface area contributed by atoms with Crippen LogP contribution in [0.15, 0.2) is 87.8 Å². The standard InChI is InChI=1S/C45H57Br2N/c1-9-11-13-15-27-45(28-16-14-12-10-2)39-29-32(43(3,4)5)17-26-38(39)42-40(45)30-33(44(6,7)8)31-41(42)48(36-22-18-34(46)19-23-36)37-24-20-35(47)21-25-37/h17-26,29-31H,9-16,27-28H2,1-8H3. The van der Waals surface area contributed by atoms with Gasteiger partial charge in [-0.2, -0.15) is 0 Å². The molecule has 4 aromatic carbocycles. The molecule has 0 N–H and O–H groups in total. The number of nitrogens with zero attached hydrogens (tertiary/aromatic N) is 1. The number of unbranched alkanes of at least 4 members (excludes halogenated alkanes) is 6. The van der Waals surface area contributed by atoms with Crippen LogP contribution in [0.25, 0.3) is 11.1 Å². The van der Waals surface area contributed by atoms with Crippen LogP contribution in [0.1, 0.15) is 142 Å². The molecule has 0 spiro atoms. The Morgan fingerprint density at radius 2 is 1.02 bits per heavy atom. The molecule has 1 nitrogen and oxygen atoms in total. The van der Waals surface area contributed by atoms with E-state index in [0.717, 1.165) is 8.95 Å². The summed E-state index contributed by atoms with van der Waals surface area (Å²) in [4.78, 5) is 2.51. The van der Waals surface area contributed by atoms with E-state index in [0.29, 0.717) is 0 Å². The Bertz CT molecular complexity index is 1610. The Morgan fingerprint density at radius 3 is 1.48 bits per heavy atom. The summed E-state index contributed by atoms with van der Waals surface area (Å²) in [7, 11) is 0. The molecule has 4 aromatic rings. The second kappa shape index (κ2) is 15.3. The highest BCUT2D eigenvalue weighted by atomic mass is 79.9. The average molecular weight is 772 g/mol. The third-order valence-electron chi connectivity index (χ3n) is 10.5. The molecule has 0 aliphatic heterocycles. The van der Waals surface area contributed by atoms with Crippen molar-refractivity contribution < 1.29 is 0 Å². The van der Waals surface area contributed by atoms with Crippen LogP contribution < -0.4 is 4.90 Å². The van der Waals surface area contributed by atoms with Crippen molar-refractivity contribution in [1.82, 2.24) is 0 Å². The number of halogens is 2. The predicted octanol–water partition coefficient (Wildman–Crippen LogP) is 15.5. The van der Waals surface area contributed by atoms with Crippen LogP contribution in [-0.4, -0.2) is 0 Å². The zero-order valence-electron chi connectivity index (χ0n) is 30.8. The molecule has 48 heavy (non-hydrogen) atoms. The maximum atomic E-state index is 3.71. The van der Waals surface area contributed by atoms with Crippen molar-refractivity contribution in [3.63, 3.8) is 0 Å². The Labute approximate surface area is 309 Å². The molecule has 0 saturated carbocycles. The first-order valence-electron chi connectivity index (χ1n) is 18.5. The van der Waals surface area contributed by atoms with Crippen molar-refractivity contribution in [2.24, 2.45) is 0 Å². The van der Waals surface area contributed by atoms with Crippen LogP contribution in [-0.2, 0) is 16.2 Å². The SMILES string of the molecule is CCCCCCC1(CCCCCC)c2cc(C(C)(C)C)ccc2-c2c(N(c3ccc(Br)cc3)c3ccc(Br)cc3)cc(C(C)(C)C)cc21. The molecule has 0 amide bonds. The quantitative estimate of drug-likeness (QED) is 0.122. The summed E-state index contributed by atoms with van der Waals surface area (Å²) in [6.07, 6.45) is 12.7. The van der Waals surface area contributed by atoms with Crippen LogP contribution in [0, 0.1) is 0 Å². The topological polar surface area (TPSA) is 3.24 Å². The fourth-order valence-electron chi connectivity index (χ4n) is 7.64. The van der Waals surface area contributed by atoms with E-state index >= 15 is 0 Å². The van der Waals surface area contributed by atoms with Crippen molar-refractivity contribution in [1.29, 1.82) is 0 Å². The number of hydrogen-bond acceptors (Lipinski definition) is 1. The highest BCUT2D eigenvalue weighted by molar-refractivity contribution is 9.10. The third-order valence-corrected chi connectivity index (χ3v) is 11.6. The lowest BCUT2D eigenvalue weighted by atomic mass is 9.68. The van der Waals surface area contributed by atoms with Crippen molar-refractivity contribution in [3.05, 3.63) is 110 Å². The summed E-state index contributed by atoms with van der Waals surface area (Å²) in [5, 5.41) is 0. The molecule has 0 fully saturated rings. The lowest BCUT2D eigenvalue weighted by molar-refractivity contribution is 0.399. The smallest absolute Gasteiger partial charge is 0.0546 e. The maximum Gasteiger partial charge on any atom is 0.0546 e. The van der Waals surface area contributed by atoms with Gasteiger partial charge in [0.05, 0.1) is 5.69 Å². The molecule has 0 aromatic heterocycles. The van der Waals surface area contributed by atoms with Gasteiger partial charge in [0, 0.05) is 31.3 Å². The van der Waals surface area contributed by atoms with E-state index in [-0.39, 0.29) is 16.2 Å². The van der Waals surface area contributed by atoms with Gasteiger partial charge in [-0.1, -0.05) is 163 Å². The number of hydrogen-bond donors (Lipinski definition) is 0. The number of fused-ring (bicyclic) bond motifs is 3. The van der Waals surface area contributed by atoms with Crippen molar-refractivity contribution in [2.75, 3.05) is 4.90 Å². The van der Waals surface area contributed by atoms with Crippen LogP contribution in [0.3, 0.4) is 0 Å². The van der Waals surface area contributed by atoms with Crippen LogP contribution in [0.2, 0.25) is 0 Å². The Balaban J connectivity index is 1.88. The van der Waals surface area contributed by atoms with Crippen molar-refractivity contribution in [2.45, 2.75) is 136 Å². The second-order valence-corrected chi connectivity index (χ2v) is 18.0. The van der Waals surface area contributed by atoms with E-state index in [4.69, 9.17) is 0 Å². The Kier molecular flexibility index (Phi) is 11.7. The minimum atomic E-state index is -0.00543. The van der Waals surface area contributed by atoms with Gasteiger partial charge in [0.1, 0.15) is 0 Å². The second-order valence-electron chi connectivity index (χ2n) is 16.2. The van der Waals surface area contributed by atoms with Gasteiger partial charge in [-0.3, -0.25) is 0 Å². The van der Waals surface area contributed by atoms with Gasteiger partial charge in [-0.05, 0) is 106 Å². The maximum absolute atomic E-state index is 3.71. The van der Waals surface area contributed by atoms with Crippen LogP contribution in [0.5, 0.6) is 0 Å². The Morgan fingerprint density at radius 1 is 0.542 bits per heavy atom. The van der Waals surface area contributed by atoms with Gasteiger partial charge < -0.3 is 4.90 Å². The molecule has 3 heteroatoms. The molecular weight excluding hydrogens is 714 g/mol. The van der Waals surface area contributed by atoms with Crippen molar-refractivity contribution >= 4 is 48.9 Å². The monoisotopic (exact) mass is 769 g/mol. The minimum absolute atomic E-state index is 0.00358. The largest absolute Gasteiger partial charge is 0.310 e. The zero-order chi connectivity index (χ0) is 34.7. The van der Waals surface area contributed by atoms with E-state index in [2.05, 4.69) is 171 Å². The fraction of sp³-hybridized carbons (Fsp3) is 0.467. The third kappa shape index (κ3) is 7.83. The molecule has 0 radical (unpaired) electrons. The van der Waals surface area contributed by atoms with Gasteiger partial charge in [0.2, 0.25) is 0 Å². The summed E-state index contributed by atoms with van der Waals surface area (Å²) in [5.74, 6) is 0. The molecule has 0 heterocycles. The van der Waals surface area contributed by atoms with E-state index in [9.17, 15) is 0 Å². The van der Waals surface area contributed by atoms with Crippen LogP contribution in [0.4, 0.5) is 17.1 Å². The highest BCUT2D eigenvalue weighted by Crippen LogP contribution is 2.59. The van der Waals surface area contributed by atoms with E-state index in [1.165, 1.54) is 104 Å². The lowest BCUT2D eigenvalue weighted by Crippen LogP contribution is -2.27. The van der Waals surface area contributed by atoms with Gasteiger partial charge in [-0.15, -0.1) is 0 Å². The summed E-state index contributed by atoms with van der Waals surface area (Å²) in [6, 6.07) is 30.4. The first-order valence-corrected chi connectivity index (χ1v) is 20.0. The normalized spacial score (nSPS) is 13.8. The number of rotatable bonds is 13. The molecule has 1 aliphatic rings.